The number of aromatic nitrogens is 3. The van der Waals surface area contributed by atoms with Crippen LogP contribution in [0, 0.1) is 24.1 Å². The predicted molar refractivity (Wildman–Crippen MR) is 68.9 cm³/mol. The van der Waals surface area contributed by atoms with Crippen molar-refractivity contribution in [1.82, 2.24) is 15.1 Å². The highest BCUT2D eigenvalue weighted by molar-refractivity contribution is 5.59. The van der Waals surface area contributed by atoms with Crippen molar-refractivity contribution in [3.8, 4) is 29.0 Å². The monoisotopic (exact) mass is 268 g/mol. The van der Waals surface area contributed by atoms with Gasteiger partial charge in [-0.2, -0.15) is 10.2 Å². The second-order valence-electron chi connectivity index (χ2n) is 4.28. The van der Waals surface area contributed by atoms with E-state index in [-0.39, 0.29) is 11.7 Å². The minimum atomic E-state index is -0.277. The fourth-order valence-electron chi connectivity index (χ4n) is 1.82. The molecule has 0 amide bonds. The van der Waals surface area contributed by atoms with Crippen LogP contribution in [0.15, 0.2) is 34.9 Å². The Morgan fingerprint density at radius 2 is 2.15 bits per heavy atom. The molecule has 3 rings (SSSR count). The Bertz CT molecular complexity index is 813. The summed E-state index contributed by atoms with van der Waals surface area (Å²) in [4.78, 5) is 7.08. The van der Waals surface area contributed by atoms with Crippen molar-refractivity contribution in [2.24, 2.45) is 0 Å². The van der Waals surface area contributed by atoms with Crippen LogP contribution in [0.3, 0.4) is 0 Å². The van der Waals surface area contributed by atoms with Crippen LogP contribution in [-0.4, -0.2) is 15.1 Å². The summed E-state index contributed by atoms with van der Waals surface area (Å²) in [6.07, 6.45) is 0. The Morgan fingerprint density at radius 3 is 2.85 bits per heavy atom. The van der Waals surface area contributed by atoms with E-state index >= 15 is 0 Å². The average molecular weight is 268 g/mol. The number of rotatable bonds is 2. The largest absolute Gasteiger partial charge is 0.342 e. The summed E-state index contributed by atoms with van der Waals surface area (Å²) in [6, 6.07) is 9.90. The van der Waals surface area contributed by atoms with Crippen LogP contribution in [-0.2, 0) is 0 Å². The number of H-pyrrole nitrogens is 1. The summed E-state index contributed by atoms with van der Waals surface area (Å²) >= 11 is 0. The molecule has 0 atom stereocenters. The SMILES string of the molecule is Cc1cc(-c2noc(-c3ccc(C#N)[nH]3)n2)ccc1F. The van der Waals surface area contributed by atoms with Crippen molar-refractivity contribution in [1.29, 1.82) is 5.26 Å². The highest BCUT2D eigenvalue weighted by Gasteiger charge is 2.13. The molecule has 6 heteroatoms. The van der Waals surface area contributed by atoms with Crippen LogP contribution in [0.5, 0.6) is 0 Å². The molecule has 0 spiro atoms. The fraction of sp³-hybridized carbons (Fsp3) is 0.0714. The van der Waals surface area contributed by atoms with E-state index in [0.29, 0.717) is 28.3 Å². The molecule has 0 bridgehead atoms. The van der Waals surface area contributed by atoms with Gasteiger partial charge in [0.1, 0.15) is 23.3 Å². The third kappa shape index (κ3) is 2.06. The van der Waals surface area contributed by atoms with Gasteiger partial charge in [-0.1, -0.05) is 5.16 Å². The third-order valence-corrected chi connectivity index (χ3v) is 2.88. The van der Waals surface area contributed by atoms with Crippen molar-refractivity contribution in [3.63, 3.8) is 0 Å². The minimum absolute atomic E-state index is 0.277. The molecule has 1 N–H and O–H groups in total. The van der Waals surface area contributed by atoms with Crippen LogP contribution < -0.4 is 0 Å². The van der Waals surface area contributed by atoms with Gasteiger partial charge in [0.2, 0.25) is 5.82 Å². The Balaban J connectivity index is 1.97. The van der Waals surface area contributed by atoms with Crippen LogP contribution in [0.4, 0.5) is 4.39 Å². The average Bonchev–Trinajstić information content (AvgIpc) is 3.09. The molecule has 2 heterocycles. The van der Waals surface area contributed by atoms with Crippen molar-refractivity contribution in [3.05, 3.63) is 47.4 Å². The zero-order chi connectivity index (χ0) is 14.1. The lowest BCUT2D eigenvalue weighted by molar-refractivity contribution is 0.431. The number of nitrogens with one attached hydrogen (secondary N) is 1. The molecule has 5 nitrogen and oxygen atoms in total. The maximum absolute atomic E-state index is 13.2. The number of hydrogen-bond acceptors (Lipinski definition) is 4. The van der Waals surface area contributed by atoms with E-state index in [0.717, 1.165) is 0 Å². The number of nitriles is 1. The Kier molecular flexibility index (Phi) is 2.80. The first kappa shape index (κ1) is 12.1. The minimum Gasteiger partial charge on any atom is -0.342 e. The lowest BCUT2D eigenvalue weighted by Gasteiger charge is -1.97. The maximum atomic E-state index is 13.2. The molecule has 2 aromatic heterocycles. The highest BCUT2D eigenvalue weighted by atomic mass is 19.1. The van der Waals surface area contributed by atoms with E-state index in [9.17, 15) is 4.39 Å². The molecule has 0 aliphatic rings. The van der Waals surface area contributed by atoms with Crippen LogP contribution in [0.2, 0.25) is 0 Å². The van der Waals surface area contributed by atoms with Crippen molar-refractivity contribution in [2.75, 3.05) is 0 Å². The molecular formula is C14H9FN4O. The summed E-state index contributed by atoms with van der Waals surface area (Å²) in [7, 11) is 0. The Hall–Kier alpha value is -2.94. The first-order valence-electron chi connectivity index (χ1n) is 5.87. The zero-order valence-electron chi connectivity index (χ0n) is 10.5. The van der Waals surface area contributed by atoms with Gasteiger partial charge in [-0.25, -0.2) is 4.39 Å². The first-order chi connectivity index (χ1) is 9.67. The summed E-state index contributed by atoms with van der Waals surface area (Å²) in [6.45, 7) is 1.67. The predicted octanol–water partition coefficient (Wildman–Crippen LogP) is 3.05. The second kappa shape index (κ2) is 4.63. The number of benzene rings is 1. The molecular weight excluding hydrogens is 259 g/mol. The van der Waals surface area contributed by atoms with Crippen LogP contribution in [0.1, 0.15) is 11.3 Å². The van der Waals surface area contributed by atoms with Crippen LogP contribution in [0.25, 0.3) is 23.0 Å². The standard InChI is InChI=1S/C14H9FN4O/c1-8-6-9(2-4-11(8)15)13-18-14(20-19-13)12-5-3-10(7-16)17-12/h2-6,17H,1H3. The smallest absolute Gasteiger partial charge is 0.274 e. The number of aromatic amines is 1. The molecule has 0 saturated heterocycles. The van der Waals surface area contributed by atoms with Gasteiger partial charge >= 0.3 is 0 Å². The molecule has 20 heavy (non-hydrogen) atoms. The number of aryl methyl sites for hydroxylation is 1. The summed E-state index contributed by atoms with van der Waals surface area (Å²) < 4.78 is 18.4. The molecule has 0 aliphatic carbocycles. The Morgan fingerprint density at radius 1 is 1.30 bits per heavy atom. The zero-order valence-corrected chi connectivity index (χ0v) is 10.5. The molecule has 3 aromatic rings. The number of halogens is 1. The molecule has 0 saturated carbocycles. The van der Waals surface area contributed by atoms with Gasteiger partial charge in [-0.05, 0) is 42.8 Å². The van der Waals surface area contributed by atoms with E-state index < -0.39 is 0 Å². The summed E-state index contributed by atoms with van der Waals surface area (Å²) in [5.41, 5.74) is 2.17. The van der Waals surface area contributed by atoms with E-state index in [1.54, 1.807) is 31.2 Å². The molecule has 98 valence electrons. The van der Waals surface area contributed by atoms with Gasteiger partial charge in [-0.15, -0.1) is 0 Å². The topological polar surface area (TPSA) is 78.5 Å². The van der Waals surface area contributed by atoms with Gasteiger partial charge in [0.05, 0.1) is 0 Å². The molecule has 1 aromatic carbocycles. The molecule has 0 fully saturated rings. The van der Waals surface area contributed by atoms with Gasteiger partial charge < -0.3 is 9.51 Å². The van der Waals surface area contributed by atoms with Crippen molar-refractivity contribution >= 4 is 0 Å². The molecule has 0 aliphatic heterocycles. The second-order valence-corrected chi connectivity index (χ2v) is 4.28. The van der Waals surface area contributed by atoms with Gasteiger partial charge in [-0.3, -0.25) is 0 Å². The maximum Gasteiger partial charge on any atom is 0.274 e. The third-order valence-electron chi connectivity index (χ3n) is 2.88. The normalized spacial score (nSPS) is 10.4. The fourth-order valence-corrected chi connectivity index (χ4v) is 1.82. The first-order valence-corrected chi connectivity index (χ1v) is 5.87. The quantitative estimate of drug-likeness (QED) is 0.774. The van der Waals surface area contributed by atoms with E-state index in [4.69, 9.17) is 9.78 Å². The summed E-state index contributed by atoms with van der Waals surface area (Å²) in [5, 5.41) is 12.6. The van der Waals surface area contributed by atoms with Gasteiger partial charge in [0.15, 0.2) is 0 Å². The number of hydrogen-bond donors (Lipinski definition) is 1. The highest BCUT2D eigenvalue weighted by Crippen LogP contribution is 2.23. The lowest BCUT2D eigenvalue weighted by atomic mass is 10.1. The van der Waals surface area contributed by atoms with Gasteiger partial charge in [0, 0.05) is 5.56 Å². The summed E-state index contributed by atoms with van der Waals surface area (Å²) in [5.74, 6) is 0.375. The van der Waals surface area contributed by atoms with Gasteiger partial charge in [0.25, 0.3) is 5.89 Å². The van der Waals surface area contributed by atoms with E-state index in [1.165, 1.54) is 6.07 Å². The Labute approximate surface area is 113 Å². The molecule has 0 unspecified atom stereocenters. The van der Waals surface area contributed by atoms with E-state index in [1.807, 2.05) is 6.07 Å². The molecule has 0 radical (unpaired) electrons. The van der Waals surface area contributed by atoms with E-state index in [2.05, 4.69) is 15.1 Å². The lowest BCUT2D eigenvalue weighted by Crippen LogP contribution is -1.86. The number of nitrogens with zero attached hydrogens (tertiary/aromatic N) is 3. The van der Waals surface area contributed by atoms with Crippen LogP contribution >= 0.6 is 0 Å². The van der Waals surface area contributed by atoms with Crippen molar-refractivity contribution < 1.29 is 8.91 Å². The van der Waals surface area contributed by atoms with Crippen molar-refractivity contribution in [2.45, 2.75) is 6.92 Å².